The van der Waals surface area contributed by atoms with Crippen LogP contribution in [0.2, 0.25) is 0 Å². The smallest absolute Gasteiger partial charge is 0.395 e. The number of halogens is 26. The van der Waals surface area contributed by atoms with Crippen molar-refractivity contribution in [3.63, 3.8) is 0 Å². The Kier molecular flexibility index (Phi) is 52.9. The van der Waals surface area contributed by atoms with Crippen molar-refractivity contribution in [1.29, 1.82) is 0 Å². The van der Waals surface area contributed by atoms with E-state index in [1.807, 2.05) is 27.7 Å². The SMILES string of the molecule is C1CO1.CC.CC.CF.CF.FOC(F)(F)C(F)(F)C(F)(F)F.FOC(F)(F)C(F)(F)C(F)(F)F.OCC(CSC(F)(F)F)SCF.OCCOCC(CSC(F)(F)F)SCF. The average Bonchev–Trinajstić information content (AvgIpc) is 4.08. The Morgan fingerprint density at radius 3 is 0.984 bits per heavy atom. The number of aliphatic hydroxyl groups excluding tert-OH is 2. The van der Waals surface area contributed by atoms with Gasteiger partial charge in [0, 0.05) is 22.0 Å². The molecule has 1 fully saturated rings. The third-order valence-corrected chi connectivity index (χ3v) is 8.08. The van der Waals surface area contributed by atoms with Crippen molar-refractivity contribution in [1.82, 2.24) is 0 Å². The summed E-state index contributed by atoms with van der Waals surface area (Å²) in [6, 6.07) is -1.52. The van der Waals surface area contributed by atoms with E-state index in [1.165, 1.54) is 9.88 Å². The van der Waals surface area contributed by atoms with Crippen LogP contribution in [0, 0.1) is 0 Å². The first-order chi connectivity index (χ1) is 28.1. The minimum atomic E-state index is -6.57. The van der Waals surface area contributed by atoms with Crippen molar-refractivity contribution in [2.45, 2.75) is 85.6 Å². The minimum Gasteiger partial charge on any atom is -0.395 e. The highest BCUT2D eigenvalue weighted by Gasteiger charge is 2.76. The molecule has 1 rings (SSSR count). The molecule has 1 aliphatic heterocycles. The fraction of sp³-hybridized carbons (Fsp3) is 1.00. The Labute approximate surface area is 354 Å². The van der Waals surface area contributed by atoms with Crippen molar-refractivity contribution < 1.29 is 144 Å². The highest BCUT2D eigenvalue weighted by atomic mass is 32.2. The molecule has 0 aromatic heterocycles. The van der Waals surface area contributed by atoms with Gasteiger partial charge in [0.05, 0.1) is 54.0 Å². The molecule has 1 heterocycles. The zero-order chi connectivity index (χ0) is 51.9. The summed E-state index contributed by atoms with van der Waals surface area (Å²) in [5.74, 6) is -13.7. The molecule has 2 atom stereocenters. The first-order valence-corrected chi connectivity index (χ1v) is 19.3. The van der Waals surface area contributed by atoms with Crippen LogP contribution in [0.25, 0.3) is 0 Å². The van der Waals surface area contributed by atoms with Crippen LogP contribution in [-0.2, 0) is 19.4 Å². The summed E-state index contributed by atoms with van der Waals surface area (Å²) in [7, 11) is 1.00. The van der Waals surface area contributed by atoms with E-state index >= 15 is 0 Å². The molecule has 388 valence electrons. The van der Waals surface area contributed by atoms with Crippen LogP contribution in [0.5, 0.6) is 0 Å². The summed E-state index contributed by atoms with van der Waals surface area (Å²) < 4.78 is 301. The largest absolute Gasteiger partial charge is 0.463 e. The second kappa shape index (κ2) is 41.7. The van der Waals surface area contributed by atoms with Gasteiger partial charge < -0.3 is 19.7 Å². The van der Waals surface area contributed by atoms with Crippen molar-refractivity contribution in [3.05, 3.63) is 0 Å². The predicted molar refractivity (Wildman–Crippen MR) is 181 cm³/mol. The lowest BCUT2D eigenvalue weighted by Gasteiger charge is -2.23. The van der Waals surface area contributed by atoms with Gasteiger partial charge in [-0.3, -0.25) is 8.78 Å². The molecule has 62 heavy (non-hydrogen) atoms. The number of thioether (sulfide) groups is 4. The molecule has 0 bridgehead atoms. The monoisotopic (exact) mass is 1070 g/mol. The highest BCUT2D eigenvalue weighted by Crippen LogP contribution is 2.48. The van der Waals surface area contributed by atoms with Gasteiger partial charge in [0.2, 0.25) is 0 Å². The molecular formula is C26H42F26O6S4. The van der Waals surface area contributed by atoms with Crippen molar-refractivity contribution in [2.75, 3.05) is 77.5 Å². The van der Waals surface area contributed by atoms with Gasteiger partial charge in [-0.05, 0) is 32.6 Å². The molecule has 36 heteroatoms. The lowest BCUT2D eigenvalue weighted by molar-refractivity contribution is -0.471. The lowest BCUT2D eigenvalue weighted by Crippen LogP contribution is -2.52. The second-order valence-corrected chi connectivity index (χ2v) is 12.8. The van der Waals surface area contributed by atoms with E-state index in [1.54, 1.807) is 0 Å². The van der Waals surface area contributed by atoms with Crippen LogP contribution in [0.15, 0.2) is 0 Å². The van der Waals surface area contributed by atoms with Crippen LogP contribution >= 0.6 is 47.0 Å². The van der Waals surface area contributed by atoms with E-state index < -0.39 is 76.6 Å². The molecule has 0 amide bonds. The van der Waals surface area contributed by atoms with Gasteiger partial charge in [0.25, 0.3) is 0 Å². The van der Waals surface area contributed by atoms with E-state index in [0.29, 0.717) is 26.1 Å². The maximum Gasteiger partial charge on any atom is 0.463 e. The zero-order valence-corrected chi connectivity index (χ0v) is 35.5. The summed E-state index contributed by atoms with van der Waals surface area (Å²) in [6.07, 6.45) is -25.5. The van der Waals surface area contributed by atoms with E-state index in [2.05, 4.69) is 4.74 Å². The maximum atomic E-state index is 11.9. The molecule has 1 aliphatic rings. The summed E-state index contributed by atoms with van der Waals surface area (Å²) in [6.45, 7) is 9.44. The van der Waals surface area contributed by atoms with Crippen molar-refractivity contribution in [3.8, 4) is 0 Å². The number of rotatable bonds is 17. The fourth-order valence-corrected chi connectivity index (χ4v) is 4.34. The second-order valence-electron chi connectivity index (χ2n) is 8.23. The molecular weight excluding hydrogens is 1030 g/mol. The molecule has 0 spiro atoms. The molecule has 0 aromatic carbocycles. The number of alkyl halides is 24. The van der Waals surface area contributed by atoms with Gasteiger partial charge in [0.1, 0.15) is 12.0 Å². The number of ether oxygens (including phenoxy) is 2. The van der Waals surface area contributed by atoms with Crippen LogP contribution in [-0.4, -0.2) is 146 Å². The standard InChI is InChI=1S/C7H12F4O2S2.C5H8F4OS2.2C3F8O.C2H4O.2C2H6.2CH3F/c8-5-14-6(3-13-2-1-12)4-15-7(9,10)11;6-3-11-4(1-10)2-12-5(7,8)9;2*4-1(5,2(6,7)8)3(9,10)12-11;1-2-3-1;4*1-2/h6,12H,1-5H2;4,10H,1-3H2;;;1-2H2;2*1-2H3;2*1H3. The summed E-state index contributed by atoms with van der Waals surface area (Å²) in [5.41, 5.74) is -8.60. The molecule has 0 radical (unpaired) electrons. The van der Waals surface area contributed by atoms with Crippen molar-refractivity contribution in [2.24, 2.45) is 0 Å². The van der Waals surface area contributed by atoms with Gasteiger partial charge in [0.15, 0.2) is 0 Å². The zero-order valence-electron chi connectivity index (χ0n) is 32.2. The Morgan fingerprint density at radius 1 is 0.532 bits per heavy atom. The normalized spacial score (nSPS) is 13.6. The quantitative estimate of drug-likeness (QED) is 0.0835. The summed E-state index contributed by atoms with van der Waals surface area (Å²) >= 11 is 1.02. The number of hydrogen-bond acceptors (Lipinski definition) is 10. The summed E-state index contributed by atoms with van der Waals surface area (Å²) in [5, 5.41) is 15.6. The molecule has 6 nitrogen and oxygen atoms in total. The average molecular weight is 1070 g/mol. The highest BCUT2D eigenvalue weighted by molar-refractivity contribution is 8.04. The Hall–Kier alpha value is -0.660. The first kappa shape index (κ1) is 78.5. The van der Waals surface area contributed by atoms with E-state index in [-0.39, 0.29) is 54.9 Å². The predicted octanol–water partition coefficient (Wildman–Crippen LogP) is 13.1. The Morgan fingerprint density at radius 2 is 0.806 bits per heavy atom. The number of aliphatic hydroxyl groups is 2. The van der Waals surface area contributed by atoms with Crippen LogP contribution in [0.1, 0.15) is 27.7 Å². The number of epoxide rings is 1. The first-order valence-electron chi connectivity index (χ1n) is 15.2. The van der Waals surface area contributed by atoms with Crippen molar-refractivity contribution >= 4 is 47.0 Å². The van der Waals surface area contributed by atoms with E-state index in [0.717, 1.165) is 25.0 Å². The van der Waals surface area contributed by atoms with Gasteiger partial charge >= 0.3 is 47.4 Å². The van der Waals surface area contributed by atoms with E-state index in [4.69, 9.17) is 14.9 Å². The van der Waals surface area contributed by atoms with Crippen LogP contribution in [0.3, 0.4) is 0 Å². The number of hydrogen-bond donors (Lipinski definition) is 2. The van der Waals surface area contributed by atoms with Crippen LogP contribution < -0.4 is 0 Å². The van der Waals surface area contributed by atoms with Gasteiger partial charge in [-0.1, -0.05) is 27.7 Å². The van der Waals surface area contributed by atoms with E-state index in [9.17, 15) is 114 Å². The maximum absolute atomic E-state index is 11.9. The molecule has 0 saturated carbocycles. The third-order valence-electron chi connectivity index (χ3n) is 4.05. The van der Waals surface area contributed by atoms with Gasteiger partial charge in [-0.25, -0.2) is 8.78 Å². The van der Waals surface area contributed by atoms with Gasteiger partial charge in [-0.15, -0.1) is 33.4 Å². The molecule has 2 unspecified atom stereocenters. The fourth-order valence-electron chi connectivity index (χ4n) is 1.56. The molecule has 1 saturated heterocycles. The Bertz CT molecular complexity index is 893. The van der Waals surface area contributed by atoms with Crippen LogP contribution in [0.4, 0.5) is 114 Å². The third kappa shape index (κ3) is 44.5. The lowest BCUT2D eigenvalue weighted by atomic mass is 10.3. The van der Waals surface area contributed by atoms with Gasteiger partial charge in [-0.2, -0.15) is 87.8 Å². The minimum absolute atomic E-state index is 0.0121. The Balaban J connectivity index is -0.0000000968. The molecule has 0 aliphatic carbocycles. The molecule has 2 N–H and O–H groups in total. The summed E-state index contributed by atoms with van der Waals surface area (Å²) in [4.78, 5) is 2.45. The topological polar surface area (TPSA) is 80.7 Å². The molecule has 0 aromatic rings.